The molecule has 2 atom stereocenters. The number of nitrogens with zero attached hydrogens (tertiary/aromatic N) is 2. The number of unbranched alkanes of at least 4 members (excludes halogenated alkanes) is 14. The fourth-order valence-electron chi connectivity index (χ4n) is 9.87. The summed E-state index contributed by atoms with van der Waals surface area (Å²) >= 11 is 0. The molecule has 0 radical (unpaired) electrons. The Hall–Kier alpha value is -4.88. The van der Waals surface area contributed by atoms with Crippen molar-refractivity contribution in [3.8, 4) is 0 Å². The zero-order valence-electron chi connectivity index (χ0n) is 35.4. The van der Waals surface area contributed by atoms with Crippen molar-refractivity contribution in [3.05, 3.63) is 68.8 Å². The predicted molar refractivity (Wildman–Crippen MR) is 222 cm³/mol. The summed E-state index contributed by atoms with van der Waals surface area (Å²) in [4.78, 5) is 57.2. The molecule has 14 heteroatoms. The first-order valence-corrected chi connectivity index (χ1v) is 22.1. The Morgan fingerprint density at radius 3 is 0.790 bits per heavy atom. The molecule has 0 saturated heterocycles. The van der Waals surface area contributed by atoms with Crippen molar-refractivity contribution in [3.63, 3.8) is 0 Å². The van der Waals surface area contributed by atoms with E-state index in [2.05, 4.69) is 13.8 Å². The highest BCUT2D eigenvalue weighted by Gasteiger charge is 2.47. The standard InChI is InChI=1S/C48H50F8N2O4/c1-5-7-9-11-13-15-17-19-21-23(3)57-45(59)33-27-25-29(37(49)41(33)53)31-26-28-35(43(55)39(31)51)47(61)58(24(4)22-20-18-16-14-12-10-8-6-2)48(62)36(28)44(56)40(52)32(26)30(25)38(50)42(54)34(27)46(57)60/h23-24H,5-22H2,1-4H3. The minimum Gasteiger partial charge on any atom is -0.271 e. The van der Waals surface area contributed by atoms with Crippen LogP contribution in [0.1, 0.15) is 185 Å². The summed E-state index contributed by atoms with van der Waals surface area (Å²) in [6.45, 7) is 7.06. The summed E-state index contributed by atoms with van der Waals surface area (Å²) in [7, 11) is 0. The maximum atomic E-state index is 16.7. The van der Waals surface area contributed by atoms with Crippen molar-refractivity contribution in [1.29, 1.82) is 0 Å². The molecule has 2 heterocycles. The number of benzene rings is 5. The van der Waals surface area contributed by atoms with Gasteiger partial charge in [-0.2, -0.15) is 0 Å². The third-order valence-electron chi connectivity index (χ3n) is 13.1. The van der Waals surface area contributed by atoms with Crippen LogP contribution in [0.3, 0.4) is 0 Å². The minimum atomic E-state index is -2.07. The van der Waals surface area contributed by atoms with Gasteiger partial charge >= 0.3 is 0 Å². The van der Waals surface area contributed by atoms with Gasteiger partial charge in [-0.05, 0) is 26.7 Å². The first kappa shape index (κ1) is 45.2. The molecule has 332 valence electrons. The molecule has 0 saturated carbocycles. The van der Waals surface area contributed by atoms with Gasteiger partial charge in [0.25, 0.3) is 23.6 Å². The molecule has 2 unspecified atom stereocenters. The van der Waals surface area contributed by atoms with Crippen LogP contribution in [0.25, 0.3) is 43.1 Å². The number of hydrogen-bond acceptors (Lipinski definition) is 4. The molecule has 0 aliphatic carbocycles. The van der Waals surface area contributed by atoms with Gasteiger partial charge in [0.15, 0.2) is 46.5 Å². The predicted octanol–water partition coefficient (Wildman–Crippen LogP) is 13.9. The van der Waals surface area contributed by atoms with E-state index in [1.165, 1.54) is 13.8 Å². The summed E-state index contributed by atoms with van der Waals surface area (Å²) in [6.07, 6.45) is 15.1. The summed E-state index contributed by atoms with van der Waals surface area (Å²) in [5.41, 5.74) is -4.94. The molecular weight excluding hydrogens is 821 g/mol. The molecule has 7 rings (SSSR count). The van der Waals surface area contributed by atoms with Gasteiger partial charge in [-0.3, -0.25) is 29.0 Å². The number of carbonyl (C=O) groups excluding carboxylic acids is 4. The summed E-state index contributed by atoms with van der Waals surface area (Å²) in [5, 5.41) is -9.52. The van der Waals surface area contributed by atoms with E-state index in [1.807, 2.05) is 0 Å². The number of carbonyl (C=O) groups is 4. The van der Waals surface area contributed by atoms with Crippen LogP contribution < -0.4 is 0 Å². The third kappa shape index (κ3) is 7.07. The summed E-state index contributed by atoms with van der Waals surface area (Å²) in [6, 6.07) is -2.02. The van der Waals surface area contributed by atoms with E-state index in [-0.39, 0.29) is 12.8 Å². The molecule has 0 N–H and O–H groups in total. The zero-order valence-corrected chi connectivity index (χ0v) is 35.4. The molecule has 62 heavy (non-hydrogen) atoms. The largest absolute Gasteiger partial charge is 0.271 e. The SMILES string of the molecule is CCCCCCCCCCC(C)N1C(=O)c2c(F)c(F)c3c4c(F)c(F)c5c6c(c(F)c(F)c(c7c(F)c(F)c(c2c37)C1=O)c64)C(=O)N(C(C)CCCCCCCCCC)C5=O. The lowest BCUT2D eigenvalue weighted by Gasteiger charge is -2.34. The number of fused-ring (bicyclic) bond motifs is 2. The van der Waals surface area contributed by atoms with E-state index in [0.717, 1.165) is 77.0 Å². The Labute approximate surface area is 354 Å². The van der Waals surface area contributed by atoms with Gasteiger partial charge < -0.3 is 0 Å². The molecule has 2 aliphatic heterocycles. The lowest BCUT2D eigenvalue weighted by molar-refractivity contribution is 0.0518. The summed E-state index contributed by atoms with van der Waals surface area (Å²) < 4.78 is 133. The number of hydrogen-bond donors (Lipinski definition) is 0. The number of halogens is 8. The zero-order chi connectivity index (χ0) is 44.9. The van der Waals surface area contributed by atoms with Gasteiger partial charge in [-0.25, -0.2) is 35.1 Å². The first-order chi connectivity index (χ1) is 29.6. The van der Waals surface area contributed by atoms with Crippen LogP contribution in [-0.2, 0) is 0 Å². The molecule has 5 aromatic carbocycles. The van der Waals surface area contributed by atoms with Gasteiger partial charge in [0.2, 0.25) is 0 Å². The number of amides is 4. The topological polar surface area (TPSA) is 74.8 Å². The lowest BCUT2D eigenvalue weighted by Crippen LogP contribution is -2.47. The Morgan fingerprint density at radius 1 is 0.323 bits per heavy atom. The van der Waals surface area contributed by atoms with Crippen molar-refractivity contribution >= 4 is 66.7 Å². The Morgan fingerprint density at radius 2 is 0.548 bits per heavy atom. The quantitative estimate of drug-likeness (QED) is 0.0257. The van der Waals surface area contributed by atoms with Gasteiger partial charge in [0.1, 0.15) is 0 Å². The second kappa shape index (κ2) is 18.1. The monoisotopic (exact) mass is 870 g/mol. The van der Waals surface area contributed by atoms with Crippen molar-refractivity contribution in [2.45, 2.75) is 155 Å². The molecular formula is C48H50F8N2O4. The highest BCUT2D eigenvalue weighted by Crippen LogP contribution is 2.52. The Bertz CT molecular complexity index is 2320. The number of rotatable bonds is 20. The van der Waals surface area contributed by atoms with Crippen molar-refractivity contribution in [1.82, 2.24) is 9.80 Å². The minimum absolute atomic E-state index is 0.178. The number of imide groups is 2. The molecule has 6 nitrogen and oxygen atoms in total. The van der Waals surface area contributed by atoms with Crippen LogP contribution in [0.2, 0.25) is 0 Å². The second-order valence-electron chi connectivity index (χ2n) is 17.2. The molecule has 5 aromatic rings. The maximum Gasteiger partial charge on any atom is 0.264 e. The highest BCUT2D eigenvalue weighted by atomic mass is 19.2. The van der Waals surface area contributed by atoms with E-state index in [4.69, 9.17) is 0 Å². The van der Waals surface area contributed by atoms with Crippen LogP contribution in [0, 0.1) is 46.5 Å². The van der Waals surface area contributed by atoms with Gasteiger partial charge in [-0.1, -0.05) is 117 Å². The average molecular weight is 871 g/mol. The first-order valence-electron chi connectivity index (χ1n) is 22.1. The second-order valence-corrected chi connectivity index (χ2v) is 17.2. The highest BCUT2D eigenvalue weighted by molar-refractivity contribution is 6.41. The van der Waals surface area contributed by atoms with Gasteiger partial charge in [0.05, 0.1) is 22.3 Å². The molecule has 0 aromatic heterocycles. The van der Waals surface area contributed by atoms with Crippen LogP contribution in [0.4, 0.5) is 35.1 Å². The van der Waals surface area contributed by atoms with Crippen LogP contribution >= 0.6 is 0 Å². The van der Waals surface area contributed by atoms with E-state index in [0.29, 0.717) is 35.5 Å². The van der Waals surface area contributed by atoms with E-state index < -0.39 is 148 Å². The third-order valence-corrected chi connectivity index (χ3v) is 13.1. The Balaban J connectivity index is 1.36. The van der Waals surface area contributed by atoms with E-state index >= 15 is 35.1 Å². The molecule has 2 aliphatic rings. The normalized spacial score (nSPS) is 15.2. The van der Waals surface area contributed by atoms with E-state index in [1.54, 1.807) is 0 Å². The van der Waals surface area contributed by atoms with E-state index in [9.17, 15) is 19.2 Å². The van der Waals surface area contributed by atoms with Crippen molar-refractivity contribution in [2.75, 3.05) is 0 Å². The molecule has 0 spiro atoms. The van der Waals surface area contributed by atoms with Crippen LogP contribution in [0.15, 0.2) is 0 Å². The fraction of sp³-hybridized carbons (Fsp3) is 0.500. The average Bonchev–Trinajstić information content (AvgIpc) is 3.23. The van der Waals surface area contributed by atoms with Crippen LogP contribution in [0.5, 0.6) is 0 Å². The molecule has 4 amide bonds. The lowest BCUT2D eigenvalue weighted by atomic mass is 9.80. The Kier molecular flexibility index (Phi) is 13.2. The van der Waals surface area contributed by atoms with Gasteiger partial charge in [0, 0.05) is 55.2 Å². The summed E-state index contributed by atoms with van der Waals surface area (Å²) in [5.74, 6) is -22.1. The fourth-order valence-corrected chi connectivity index (χ4v) is 9.87. The molecule has 0 bridgehead atoms. The smallest absolute Gasteiger partial charge is 0.264 e. The van der Waals surface area contributed by atoms with Crippen LogP contribution in [-0.4, -0.2) is 45.5 Å². The maximum absolute atomic E-state index is 16.7. The molecule has 0 fully saturated rings. The van der Waals surface area contributed by atoms with Gasteiger partial charge in [-0.15, -0.1) is 0 Å². The van der Waals surface area contributed by atoms with Crippen molar-refractivity contribution in [2.24, 2.45) is 0 Å². The van der Waals surface area contributed by atoms with Crippen molar-refractivity contribution < 1.29 is 54.3 Å².